The van der Waals surface area contributed by atoms with Crippen LogP contribution in [0.25, 0.3) is 22.3 Å². The number of hydrogen-bond donors (Lipinski definition) is 2. The van der Waals surface area contributed by atoms with E-state index in [0.717, 1.165) is 22.3 Å². The Morgan fingerprint density at radius 2 is 1.71 bits per heavy atom. The SMILES string of the molecule is Cc1cc(C(C)Nc2ccccc2C(=O)O)c2oc(-c3cccc(C(C)(C)C)c3)c(C)c(=O)c2c1. The molecule has 0 fully saturated rings. The number of carbonyl (C=O) groups is 1. The van der Waals surface area contributed by atoms with Gasteiger partial charge in [0, 0.05) is 22.4 Å². The lowest BCUT2D eigenvalue weighted by atomic mass is 9.86. The van der Waals surface area contributed by atoms with Crippen LogP contribution < -0.4 is 10.7 Å². The summed E-state index contributed by atoms with van der Waals surface area (Å²) < 4.78 is 6.49. The molecule has 1 unspecified atom stereocenters. The third kappa shape index (κ3) is 4.72. The zero-order valence-corrected chi connectivity index (χ0v) is 21.0. The summed E-state index contributed by atoms with van der Waals surface area (Å²) in [5.41, 5.74) is 5.41. The second-order valence-electron chi connectivity index (χ2n) is 10.2. The second kappa shape index (κ2) is 9.06. The number of rotatable bonds is 5. The molecule has 0 spiro atoms. The minimum atomic E-state index is -1.00. The van der Waals surface area contributed by atoms with Gasteiger partial charge in [-0.05, 0) is 61.6 Å². The molecule has 180 valence electrons. The quantitative estimate of drug-likeness (QED) is 0.322. The van der Waals surface area contributed by atoms with Gasteiger partial charge in [0.1, 0.15) is 11.3 Å². The minimum absolute atomic E-state index is 0.0424. The van der Waals surface area contributed by atoms with E-state index < -0.39 is 5.97 Å². The smallest absolute Gasteiger partial charge is 0.337 e. The molecule has 0 amide bonds. The number of aromatic carboxylic acids is 1. The van der Waals surface area contributed by atoms with Gasteiger partial charge in [-0.2, -0.15) is 0 Å². The minimum Gasteiger partial charge on any atom is -0.478 e. The van der Waals surface area contributed by atoms with Crippen molar-refractivity contribution in [2.24, 2.45) is 0 Å². The molecule has 2 N–H and O–H groups in total. The van der Waals surface area contributed by atoms with E-state index in [1.807, 2.05) is 38.1 Å². The number of fused-ring (bicyclic) bond motifs is 1. The summed E-state index contributed by atoms with van der Waals surface area (Å²) in [6, 6.07) is 18.4. The molecule has 0 bridgehead atoms. The van der Waals surface area contributed by atoms with Crippen molar-refractivity contribution in [1.29, 1.82) is 0 Å². The summed E-state index contributed by atoms with van der Waals surface area (Å²) in [6.07, 6.45) is 0. The normalized spacial score (nSPS) is 12.5. The monoisotopic (exact) mass is 469 g/mol. The Hall–Kier alpha value is -3.86. The molecule has 1 atom stereocenters. The molecule has 4 aromatic rings. The first-order valence-corrected chi connectivity index (χ1v) is 11.7. The van der Waals surface area contributed by atoms with Gasteiger partial charge in [0.2, 0.25) is 0 Å². The maximum atomic E-state index is 13.5. The van der Waals surface area contributed by atoms with Crippen molar-refractivity contribution in [3.05, 3.63) is 98.7 Å². The molecule has 4 rings (SSSR count). The Labute approximate surface area is 205 Å². The van der Waals surface area contributed by atoms with Crippen LogP contribution in [0.3, 0.4) is 0 Å². The van der Waals surface area contributed by atoms with Crippen LogP contribution in [0.5, 0.6) is 0 Å². The van der Waals surface area contributed by atoms with E-state index in [4.69, 9.17) is 4.42 Å². The van der Waals surface area contributed by atoms with Gasteiger partial charge in [0.05, 0.1) is 17.0 Å². The first-order chi connectivity index (χ1) is 16.5. The molecule has 5 heteroatoms. The molecule has 3 aromatic carbocycles. The molecule has 0 aliphatic heterocycles. The Kier molecular flexibility index (Phi) is 6.28. The first kappa shape index (κ1) is 24.3. The Bertz CT molecular complexity index is 1490. The number of para-hydroxylation sites is 1. The predicted molar refractivity (Wildman–Crippen MR) is 142 cm³/mol. The number of anilines is 1. The third-order valence-corrected chi connectivity index (χ3v) is 6.38. The van der Waals surface area contributed by atoms with Crippen molar-refractivity contribution in [1.82, 2.24) is 0 Å². The van der Waals surface area contributed by atoms with Gasteiger partial charge in [-0.15, -0.1) is 0 Å². The lowest BCUT2D eigenvalue weighted by molar-refractivity contribution is 0.0698. The summed E-state index contributed by atoms with van der Waals surface area (Å²) in [4.78, 5) is 25.2. The number of aryl methyl sites for hydroxylation is 1. The van der Waals surface area contributed by atoms with Crippen molar-refractivity contribution in [2.45, 2.75) is 53.0 Å². The number of hydrogen-bond acceptors (Lipinski definition) is 4. The Morgan fingerprint density at radius 1 is 1.00 bits per heavy atom. The van der Waals surface area contributed by atoms with Crippen LogP contribution in [0.2, 0.25) is 0 Å². The molecule has 1 heterocycles. The van der Waals surface area contributed by atoms with Crippen molar-refractivity contribution in [3.63, 3.8) is 0 Å². The van der Waals surface area contributed by atoms with Crippen LogP contribution in [0.1, 0.15) is 66.3 Å². The largest absolute Gasteiger partial charge is 0.478 e. The molecule has 0 aliphatic rings. The molecule has 0 aliphatic carbocycles. The standard InChI is InChI=1S/C30H31NO4/c1-17-14-23(19(3)31-25-13-8-7-12-22(25)29(33)34)28-24(15-17)26(32)18(2)27(35-28)20-10-9-11-21(16-20)30(4,5)6/h7-16,19,31H,1-6H3,(H,33,34). The summed E-state index contributed by atoms with van der Waals surface area (Å²) in [7, 11) is 0. The lowest BCUT2D eigenvalue weighted by Crippen LogP contribution is -2.14. The molecule has 35 heavy (non-hydrogen) atoms. The maximum absolute atomic E-state index is 13.5. The zero-order chi connectivity index (χ0) is 25.5. The summed E-state index contributed by atoms with van der Waals surface area (Å²) >= 11 is 0. The van der Waals surface area contributed by atoms with Gasteiger partial charge in [-0.1, -0.05) is 57.2 Å². The van der Waals surface area contributed by atoms with E-state index >= 15 is 0 Å². The summed E-state index contributed by atoms with van der Waals surface area (Å²) in [6.45, 7) is 12.1. The molecule has 0 saturated carbocycles. The van der Waals surface area contributed by atoms with Crippen LogP contribution >= 0.6 is 0 Å². The number of carboxylic acid groups (broad SMARTS) is 1. The molecule has 0 radical (unpaired) electrons. The Balaban J connectivity index is 1.90. The summed E-state index contributed by atoms with van der Waals surface area (Å²) in [5.74, 6) is -0.450. The highest BCUT2D eigenvalue weighted by Gasteiger charge is 2.21. The highest BCUT2D eigenvalue weighted by atomic mass is 16.4. The zero-order valence-electron chi connectivity index (χ0n) is 21.0. The van der Waals surface area contributed by atoms with Gasteiger partial charge < -0.3 is 14.8 Å². The predicted octanol–water partition coefficient (Wildman–Crippen LogP) is 7.25. The first-order valence-electron chi connectivity index (χ1n) is 11.7. The average molecular weight is 470 g/mol. The second-order valence-corrected chi connectivity index (χ2v) is 10.2. The molecule has 1 aromatic heterocycles. The van der Waals surface area contributed by atoms with Crippen LogP contribution in [0.15, 0.2) is 69.9 Å². The molecular formula is C30H31NO4. The lowest BCUT2D eigenvalue weighted by Gasteiger charge is -2.21. The van der Waals surface area contributed by atoms with Crippen molar-refractivity contribution >= 4 is 22.6 Å². The van der Waals surface area contributed by atoms with Crippen molar-refractivity contribution < 1.29 is 14.3 Å². The van der Waals surface area contributed by atoms with Gasteiger partial charge in [0.15, 0.2) is 5.43 Å². The highest BCUT2D eigenvalue weighted by Crippen LogP contribution is 2.34. The van der Waals surface area contributed by atoms with Crippen molar-refractivity contribution in [3.8, 4) is 11.3 Å². The molecular weight excluding hydrogens is 438 g/mol. The van der Waals surface area contributed by atoms with E-state index in [-0.39, 0.29) is 22.4 Å². The van der Waals surface area contributed by atoms with Gasteiger partial charge in [0.25, 0.3) is 0 Å². The fourth-order valence-electron chi connectivity index (χ4n) is 4.40. The van der Waals surface area contributed by atoms with Crippen LogP contribution in [-0.2, 0) is 5.41 Å². The van der Waals surface area contributed by atoms with Crippen LogP contribution in [0, 0.1) is 13.8 Å². The van der Waals surface area contributed by atoms with Crippen LogP contribution in [0.4, 0.5) is 5.69 Å². The Morgan fingerprint density at radius 3 is 2.40 bits per heavy atom. The number of nitrogens with one attached hydrogen (secondary N) is 1. The number of carboxylic acids is 1. The van der Waals surface area contributed by atoms with E-state index in [1.165, 1.54) is 0 Å². The number of benzene rings is 3. The van der Waals surface area contributed by atoms with E-state index in [2.05, 4.69) is 38.2 Å². The van der Waals surface area contributed by atoms with Gasteiger partial charge in [-0.3, -0.25) is 4.79 Å². The fourth-order valence-corrected chi connectivity index (χ4v) is 4.40. The van der Waals surface area contributed by atoms with E-state index in [0.29, 0.717) is 28.0 Å². The van der Waals surface area contributed by atoms with E-state index in [9.17, 15) is 14.7 Å². The third-order valence-electron chi connectivity index (χ3n) is 6.38. The maximum Gasteiger partial charge on any atom is 0.337 e. The topological polar surface area (TPSA) is 79.5 Å². The van der Waals surface area contributed by atoms with E-state index in [1.54, 1.807) is 31.2 Å². The highest BCUT2D eigenvalue weighted by molar-refractivity contribution is 5.94. The molecule has 0 saturated heterocycles. The molecule has 5 nitrogen and oxygen atoms in total. The fraction of sp³-hybridized carbons (Fsp3) is 0.267. The average Bonchev–Trinajstić information content (AvgIpc) is 2.81. The van der Waals surface area contributed by atoms with Crippen molar-refractivity contribution in [2.75, 3.05) is 5.32 Å². The van der Waals surface area contributed by atoms with Gasteiger partial charge >= 0.3 is 5.97 Å². The van der Waals surface area contributed by atoms with Gasteiger partial charge in [-0.25, -0.2) is 4.79 Å². The van der Waals surface area contributed by atoms with Crippen LogP contribution in [-0.4, -0.2) is 11.1 Å². The summed E-state index contributed by atoms with van der Waals surface area (Å²) in [5, 5.41) is 13.4.